The van der Waals surface area contributed by atoms with Crippen LogP contribution in [-0.4, -0.2) is 23.5 Å². The van der Waals surface area contributed by atoms with Crippen LogP contribution < -0.4 is 0 Å². The van der Waals surface area contributed by atoms with Crippen LogP contribution >= 0.6 is 0 Å². The van der Waals surface area contributed by atoms with Gasteiger partial charge in [-0.05, 0) is 0 Å². The van der Waals surface area contributed by atoms with E-state index in [4.69, 9.17) is 23.8 Å². The van der Waals surface area contributed by atoms with E-state index in [1.807, 2.05) is 0 Å². The first kappa shape index (κ1) is 210. The van der Waals surface area contributed by atoms with Gasteiger partial charge in [-0.2, -0.15) is 9.59 Å². The van der Waals surface area contributed by atoms with Crippen molar-refractivity contribution < 1.29 is 35.0 Å². The Kier molecular flexibility index (Phi) is 23400. The Labute approximate surface area is 120 Å². The molecule has 0 amide bonds. The maximum Gasteiger partial charge on any atom is 0 e. The van der Waals surface area contributed by atoms with Crippen LogP contribution in [0.2, 0.25) is 0 Å². The summed E-state index contributed by atoms with van der Waals surface area (Å²) in [7, 11) is 0. The molecule has 0 heterocycles. The van der Waals surface area contributed by atoms with E-state index in [0.29, 0.717) is 0 Å². The minimum absolute atomic E-state index is 0. The normalized spacial score (nSPS) is 1.22. The Morgan fingerprint density at radius 2 is 0.667 bits per heavy atom. The molecule has 6 heteroatoms. The summed E-state index contributed by atoms with van der Waals surface area (Å²) in [5.41, 5.74) is 0. The van der Waals surface area contributed by atoms with Crippen molar-refractivity contribution in [2.24, 2.45) is 0 Å². The van der Waals surface area contributed by atoms with Gasteiger partial charge in [-0.25, -0.2) is 9.59 Å². The molecule has 0 aromatic heterocycles. The summed E-state index contributed by atoms with van der Waals surface area (Å²) in [6.45, 7) is 4.50. The molecule has 0 spiro atoms. The molecule has 0 saturated carbocycles. The zero-order valence-corrected chi connectivity index (χ0v) is 4.54. The number of carbonyl (C=O) groups excluding carboxylic acids is 4. The van der Waals surface area contributed by atoms with E-state index >= 15 is 0 Å². The van der Waals surface area contributed by atoms with Crippen LogP contribution in [0.25, 0.3) is 0 Å². The van der Waals surface area contributed by atoms with E-state index in [-0.39, 0.29) is 76.7 Å². The minimum Gasteiger partial charge on any atom is 0 e. The molecule has 0 rings (SSSR count). The van der Waals surface area contributed by atoms with Crippen molar-refractivity contribution >= 4 is 18.0 Å². The molecule has 18 heavy (non-hydrogen) atoms. The Bertz CT molecular complexity index is 164. The van der Waals surface area contributed by atoms with Crippen LogP contribution in [0.1, 0.15) is 65.1 Å². The number of hydrogen-bond acceptors (Lipinski definition) is 4. The Morgan fingerprint density at radius 1 is 0.611 bits per heavy atom. The molecule has 0 aliphatic carbocycles. The van der Waals surface area contributed by atoms with Gasteiger partial charge in [0.05, 0.1) is 0 Å². The molecule has 2 N–H and O–H groups in total. The second-order valence-electron chi connectivity index (χ2n) is 0.287. The van der Waals surface area contributed by atoms with Gasteiger partial charge in [0.1, 0.15) is 0 Å². The largest absolute Gasteiger partial charge is 0 e. The van der Waals surface area contributed by atoms with Crippen molar-refractivity contribution in [1.29, 1.82) is 0 Å². The van der Waals surface area contributed by atoms with Gasteiger partial charge in [0, 0.05) is 5.71 Å². The molecule has 0 aromatic rings. The molecule has 0 radical (unpaired) electrons. The van der Waals surface area contributed by atoms with Crippen LogP contribution in [-0.2, 0) is 23.8 Å². The molecule has 0 saturated heterocycles. The van der Waals surface area contributed by atoms with Gasteiger partial charge in [-0.3, -0.25) is 0 Å². The molecule has 126 valence electrons. The standard InChI is InChI=1S/C2O2.CO2.CO.8CH4.H2O.4H2/c3-1-2-4;2-1-3;1-2;;;;;;;;;;;;;/h;;;8*1H4;1H2;4*1H. The predicted octanol–water partition coefficient (Wildman–Crippen LogP) is 3.83. The van der Waals surface area contributed by atoms with Gasteiger partial charge < -0.3 is 5.48 Å². The monoisotopic (exact) mass is 282 g/mol. The topological polar surface area (TPSA) is 120 Å². The van der Waals surface area contributed by atoms with Crippen molar-refractivity contribution in [2.45, 2.75) is 59.4 Å². The molecule has 6 nitrogen and oxygen atoms in total. The van der Waals surface area contributed by atoms with Crippen LogP contribution in [0.15, 0.2) is 0 Å². The number of rotatable bonds is 0. The summed E-state index contributed by atoms with van der Waals surface area (Å²) in [4.78, 5) is 33.5. The first-order valence-corrected chi connectivity index (χ1v) is 1.27. The average Bonchev–Trinajstić information content (AvgIpc) is 1.94. The van der Waals surface area contributed by atoms with Gasteiger partial charge in [0.25, 0.3) is 0 Å². The molecule has 0 aliphatic heterocycles. The summed E-state index contributed by atoms with van der Waals surface area (Å²) in [5.74, 6) is 1.75. The molecule has 0 aliphatic rings. The van der Waals surface area contributed by atoms with Gasteiger partial charge in [-0.1, -0.05) is 59.4 Å². The fourth-order valence-electron chi connectivity index (χ4n) is 0. The first-order chi connectivity index (χ1) is 4.33. The van der Waals surface area contributed by atoms with Gasteiger partial charge in [-0.15, -0.1) is 0 Å². The average molecular weight is 282 g/mol. The zero-order chi connectivity index (χ0) is 8.12. The predicted molar refractivity (Wildman–Crippen MR) is 86.2 cm³/mol. The van der Waals surface area contributed by atoms with E-state index in [9.17, 15) is 0 Å². The Morgan fingerprint density at radius 3 is 0.667 bits per heavy atom. The summed E-state index contributed by atoms with van der Waals surface area (Å²) in [5, 5.41) is 0. The van der Waals surface area contributed by atoms with Crippen molar-refractivity contribution in [2.75, 3.05) is 0 Å². The molecule has 0 atom stereocenters. The van der Waals surface area contributed by atoms with E-state index in [1.54, 1.807) is 0 Å². The first-order valence-electron chi connectivity index (χ1n) is 1.27. The van der Waals surface area contributed by atoms with E-state index < -0.39 is 0 Å². The number of hydrogen-bond donors (Lipinski definition) is 0. The third kappa shape index (κ3) is 4320. The van der Waals surface area contributed by atoms with E-state index in [2.05, 4.69) is 6.65 Å². The minimum atomic E-state index is 0. The summed E-state index contributed by atoms with van der Waals surface area (Å²) in [6.07, 6.45) is 0.250. The van der Waals surface area contributed by atoms with Crippen LogP contribution in [0, 0.1) is 6.65 Å². The SMILES string of the molecule is C.C.C.C.C.C.C.C.O.O=C=C=O.O=C=O.[C-]#[O+].[HH].[HH].[HH].[HH]. The van der Waals surface area contributed by atoms with Crippen molar-refractivity contribution in [3.05, 3.63) is 6.65 Å². The van der Waals surface area contributed by atoms with Gasteiger partial charge in [0.15, 0.2) is 0 Å². The fourth-order valence-corrected chi connectivity index (χ4v) is 0. The third-order valence-electron chi connectivity index (χ3n) is 0.0417. The Balaban J connectivity index is -0.00000000138. The molecule has 0 bridgehead atoms. The second-order valence-corrected chi connectivity index (χ2v) is 0.287. The molecular weight excluding hydrogens is 240 g/mol. The maximum atomic E-state index is 8.62. The van der Waals surface area contributed by atoms with Crippen LogP contribution in [0.3, 0.4) is 0 Å². The smallest absolute Gasteiger partial charge is 0 e. The van der Waals surface area contributed by atoms with E-state index in [0.717, 1.165) is 11.9 Å². The van der Waals surface area contributed by atoms with E-state index in [1.165, 1.54) is 0 Å². The summed E-state index contributed by atoms with van der Waals surface area (Å²) < 4.78 is 7.50. The van der Waals surface area contributed by atoms with Gasteiger partial charge in [0.2, 0.25) is 11.9 Å². The quantitative estimate of drug-likeness (QED) is 0.380. The summed E-state index contributed by atoms with van der Waals surface area (Å²) >= 11 is 0. The molecular formula is C12H42O6. The van der Waals surface area contributed by atoms with Crippen LogP contribution in [0.4, 0.5) is 0 Å². The Hall–Kier alpha value is -1.76. The van der Waals surface area contributed by atoms with Crippen molar-refractivity contribution in [1.82, 2.24) is 0 Å². The van der Waals surface area contributed by atoms with Crippen molar-refractivity contribution in [3.8, 4) is 0 Å². The van der Waals surface area contributed by atoms with Crippen LogP contribution in [0.5, 0.6) is 0 Å². The fraction of sp³-hybridized carbons (Fsp3) is 0.667. The zero-order valence-electron chi connectivity index (χ0n) is 4.54. The maximum absolute atomic E-state index is 8.62. The molecule has 0 unspecified atom stereocenters. The molecule has 0 aromatic carbocycles. The second kappa shape index (κ2) is 2010. The van der Waals surface area contributed by atoms with Gasteiger partial charge >= 0.3 is 17.5 Å². The van der Waals surface area contributed by atoms with Crippen molar-refractivity contribution in [3.63, 3.8) is 0 Å². The third-order valence-corrected chi connectivity index (χ3v) is 0.0417. The molecule has 0 fully saturated rings. The summed E-state index contributed by atoms with van der Waals surface area (Å²) in [6, 6.07) is 0.